The van der Waals surface area contributed by atoms with Gasteiger partial charge in [0.2, 0.25) is 0 Å². The zero-order valence-electron chi connectivity index (χ0n) is 35.1. The zero-order chi connectivity index (χ0) is 45.6. The Labute approximate surface area is 364 Å². The van der Waals surface area contributed by atoms with E-state index in [0.717, 1.165) is 9.80 Å². The van der Waals surface area contributed by atoms with Crippen molar-refractivity contribution in [3.63, 3.8) is 0 Å². The van der Waals surface area contributed by atoms with Gasteiger partial charge in [0.25, 0.3) is 0 Å². The summed E-state index contributed by atoms with van der Waals surface area (Å²) in [4.78, 5) is 53.2. The SMILES string of the molecule is CCOc1cc(C(C)(C)C)ncc1C1=N[C@](C)(N[C@@H](Cc2ccc(Cl)cc2)C(=O)O)[C@](C)(N[C@@H](Cc2ccc(Cl)cc2)C(=O)O)N1C(=O)N(C)CC(O)C(O)[C@H](O)[C@H](O)CO. The molecule has 1 aromatic heterocycles. The summed E-state index contributed by atoms with van der Waals surface area (Å²) in [7, 11) is 1.27. The van der Waals surface area contributed by atoms with Crippen LogP contribution in [0.25, 0.3) is 0 Å². The van der Waals surface area contributed by atoms with Crippen LogP contribution in [-0.4, -0.2) is 149 Å². The summed E-state index contributed by atoms with van der Waals surface area (Å²) < 4.78 is 6.11. The Hall–Kier alpha value is -4.43. The highest BCUT2D eigenvalue weighted by molar-refractivity contribution is 6.30. The van der Waals surface area contributed by atoms with E-state index in [9.17, 15) is 45.3 Å². The largest absolute Gasteiger partial charge is 0.493 e. The number of urea groups is 1. The third-order valence-electron chi connectivity index (χ3n) is 10.6. The van der Waals surface area contributed by atoms with Crippen molar-refractivity contribution in [3.8, 4) is 5.75 Å². The van der Waals surface area contributed by atoms with Gasteiger partial charge >= 0.3 is 18.0 Å². The predicted octanol–water partition coefficient (Wildman–Crippen LogP) is 2.64. The van der Waals surface area contributed by atoms with Gasteiger partial charge in [0, 0.05) is 40.5 Å². The van der Waals surface area contributed by atoms with Crippen LogP contribution in [0.15, 0.2) is 65.8 Å². The van der Waals surface area contributed by atoms with Crippen molar-refractivity contribution < 1.29 is 54.9 Å². The minimum absolute atomic E-state index is 0.0951. The molecule has 1 aliphatic heterocycles. The summed E-state index contributed by atoms with van der Waals surface area (Å²) in [6, 6.07) is 10.9. The fraction of sp³-hybridized carbons (Fsp3) is 0.500. The Balaban J connectivity index is 1.98. The van der Waals surface area contributed by atoms with Crippen LogP contribution in [0, 0.1) is 0 Å². The van der Waals surface area contributed by atoms with Crippen molar-refractivity contribution in [1.29, 1.82) is 0 Å². The first kappa shape index (κ1) is 49.2. The molecule has 17 nitrogen and oxygen atoms in total. The molecule has 9 N–H and O–H groups in total. The lowest BCUT2D eigenvalue weighted by molar-refractivity contribution is -0.143. The number of carboxylic acid groups (broad SMARTS) is 2. The average Bonchev–Trinajstić information content (AvgIpc) is 3.42. The van der Waals surface area contributed by atoms with Gasteiger partial charge in [-0.3, -0.25) is 30.1 Å². The summed E-state index contributed by atoms with van der Waals surface area (Å²) in [5.41, 5.74) is -2.41. The molecule has 3 aromatic rings. The maximum atomic E-state index is 15.1. The number of aliphatic imine (C=N–C) groups is 1. The first-order valence-electron chi connectivity index (χ1n) is 19.6. The molecule has 8 atom stereocenters. The van der Waals surface area contributed by atoms with Crippen molar-refractivity contribution in [2.75, 3.05) is 26.8 Å². The molecule has 334 valence electrons. The maximum Gasteiger partial charge on any atom is 0.327 e. The quantitative estimate of drug-likeness (QED) is 0.0839. The van der Waals surface area contributed by atoms with E-state index < -0.39 is 84.4 Å². The van der Waals surface area contributed by atoms with Gasteiger partial charge in [-0.1, -0.05) is 68.2 Å². The maximum absolute atomic E-state index is 15.1. The van der Waals surface area contributed by atoms with E-state index in [0.29, 0.717) is 26.9 Å². The summed E-state index contributed by atoms with van der Waals surface area (Å²) in [6.45, 7) is 9.15. The van der Waals surface area contributed by atoms with Gasteiger partial charge in [0.05, 0.1) is 25.3 Å². The number of likely N-dealkylation sites (N-methyl/N-ethyl adjacent to an activating group) is 1. The van der Waals surface area contributed by atoms with Crippen molar-refractivity contribution in [3.05, 3.63) is 93.2 Å². The highest BCUT2D eigenvalue weighted by atomic mass is 35.5. The van der Waals surface area contributed by atoms with Crippen molar-refractivity contribution in [1.82, 2.24) is 25.4 Å². The van der Waals surface area contributed by atoms with Crippen LogP contribution in [0.1, 0.15) is 63.9 Å². The molecule has 1 aliphatic rings. The molecule has 0 radical (unpaired) electrons. The van der Waals surface area contributed by atoms with E-state index in [4.69, 9.17) is 32.9 Å². The molecule has 2 unspecified atom stereocenters. The number of carbonyl (C=O) groups excluding carboxylic acids is 1. The second-order valence-corrected chi connectivity index (χ2v) is 17.2. The lowest BCUT2D eigenvalue weighted by atomic mass is 9.91. The lowest BCUT2D eigenvalue weighted by Gasteiger charge is -2.48. The van der Waals surface area contributed by atoms with E-state index in [2.05, 4.69) is 15.6 Å². The normalized spacial score (nSPS) is 20.9. The molecule has 2 amide bonds. The number of amides is 2. The number of carboxylic acids is 2. The average molecular weight is 892 g/mol. The number of aliphatic hydroxyl groups is 5. The third-order valence-corrected chi connectivity index (χ3v) is 11.1. The summed E-state index contributed by atoms with van der Waals surface area (Å²) >= 11 is 12.2. The highest BCUT2D eigenvalue weighted by Crippen LogP contribution is 2.41. The van der Waals surface area contributed by atoms with Crippen LogP contribution >= 0.6 is 23.2 Å². The summed E-state index contributed by atoms with van der Waals surface area (Å²) in [6.07, 6.45) is -6.50. The van der Waals surface area contributed by atoms with Crippen LogP contribution in [0.5, 0.6) is 5.75 Å². The number of hydrogen-bond acceptors (Lipinski definition) is 13. The Bertz CT molecular complexity index is 2040. The van der Waals surface area contributed by atoms with Gasteiger partial charge in [-0.05, 0) is 69.0 Å². The molecule has 0 fully saturated rings. The van der Waals surface area contributed by atoms with Crippen molar-refractivity contribution in [2.45, 2.75) is 108 Å². The van der Waals surface area contributed by atoms with Crippen LogP contribution in [0.4, 0.5) is 4.79 Å². The third kappa shape index (κ3) is 11.5. The molecular formula is C42H56Cl2N6O11. The number of halogens is 2. The topological polar surface area (TPSA) is 258 Å². The number of aliphatic hydroxyl groups excluding tert-OH is 5. The van der Waals surface area contributed by atoms with Gasteiger partial charge in [0.1, 0.15) is 59.4 Å². The van der Waals surface area contributed by atoms with E-state index in [-0.39, 0.29) is 36.6 Å². The number of nitrogens with one attached hydrogen (secondary N) is 2. The number of benzene rings is 2. The first-order chi connectivity index (χ1) is 28.5. The van der Waals surface area contributed by atoms with Gasteiger partial charge in [0.15, 0.2) is 0 Å². The number of aliphatic carboxylic acids is 2. The Kier molecular flexibility index (Phi) is 16.3. The number of rotatable bonds is 19. The first-order valence-corrected chi connectivity index (χ1v) is 20.3. The molecule has 0 bridgehead atoms. The summed E-state index contributed by atoms with van der Waals surface area (Å²) in [5.74, 6) is -2.50. The Morgan fingerprint density at radius 3 is 1.80 bits per heavy atom. The molecular weight excluding hydrogens is 835 g/mol. The van der Waals surface area contributed by atoms with Crippen LogP contribution < -0.4 is 15.4 Å². The molecule has 61 heavy (non-hydrogen) atoms. The van der Waals surface area contributed by atoms with E-state index >= 15 is 4.79 Å². The number of pyridine rings is 1. The van der Waals surface area contributed by atoms with Gasteiger partial charge in [-0.15, -0.1) is 0 Å². The predicted molar refractivity (Wildman–Crippen MR) is 228 cm³/mol. The van der Waals surface area contributed by atoms with Crippen molar-refractivity contribution in [2.24, 2.45) is 4.99 Å². The van der Waals surface area contributed by atoms with Crippen molar-refractivity contribution >= 4 is 47.0 Å². The van der Waals surface area contributed by atoms with Gasteiger partial charge < -0.3 is 45.4 Å². The second-order valence-electron chi connectivity index (χ2n) is 16.4. The molecule has 0 spiro atoms. The molecule has 4 rings (SSSR count). The number of ether oxygens (including phenoxy) is 1. The lowest BCUT2D eigenvalue weighted by Crippen LogP contribution is -2.75. The van der Waals surface area contributed by atoms with Gasteiger partial charge in [-0.2, -0.15) is 0 Å². The minimum Gasteiger partial charge on any atom is -0.493 e. The fourth-order valence-corrected chi connectivity index (χ4v) is 7.17. The van der Waals surface area contributed by atoms with E-state index in [1.165, 1.54) is 27.1 Å². The number of carbonyl (C=O) groups is 3. The smallest absolute Gasteiger partial charge is 0.327 e. The van der Waals surface area contributed by atoms with Gasteiger partial charge in [-0.25, -0.2) is 9.79 Å². The molecule has 0 saturated carbocycles. The second kappa shape index (κ2) is 20.2. The van der Waals surface area contributed by atoms with Crippen LogP contribution in [0.3, 0.4) is 0 Å². The number of amidine groups is 1. The summed E-state index contributed by atoms with van der Waals surface area (Å²) in [5, 5.41) is 79.8. The Morgan fingerprint density at radius 2 is 1.34 bits per heavy atom. The highest BCUT2D eigenvalue weighted by Gasteiger charge is 2.61. The number of nitrogens with zero attached hydrogens (tertiary/aromatic N) is 4. The molecule has 0 aliphatic carbocycles. The molecule has 19 heteroatoms. The monoisotopic (exact) mass is 890 g/mol. The number of aromatic nitrogens is 1. The van der Waals surface area contributed by atoms with E-state index in [1.807, 2.05) is 20.8 Å². The number of hydrogen-bond donors (Lipinski definition) is 9. The molecule has 0 saturated heterocycles. The molecule has 2 heterocycles. The Morgan fingerprint density at radius 1 is 0.852 bits per heavy atom. The van der Waals surface area contributed by atoms with Crippen LogP contribution in [0.2, 0.25) is 10.0 Å². The minimum atomic E-state index is -2.03. The van der Waals surface area contributed by atoms with E-state index in [1.54, 1.807) is 61.5 Å². The molecule has 2 aromatic carbocycles. The zero-order valence-corrected chi connectivity index (χ0v) is 36.6. The van der Waals surface area contributed by atoms with Crippen LogP contribution in [-0.2, 0) is 27.8 Å². The standard InChI is InChI=1S/C42H56Cl2N6O11/c1-8-61-32-19-33(40(2,3)4)45-20-27(32)36-48-41(5,46-28(37(56)57)17-23-9-13-25(43)14-10-23)42(6,47-29(38(58)59)18-24-11-15-26(44)16-12-24)50(36)39(60)49(7)21-30(52)34(54)35(55)31(53)22-51/h9-16,19-20,28-31,34-35,46-47,51-55H,8,17-18,21-22H2,1-7H3,(H,56,57)(H,58,59)/t28-,29-,30?,31+,34?,35+,41-,42+/m0/s1. The fourth-order valence-electron chi connectivity index (χ4n) is 6.92.